The van der Waals surface area contributed by atoms with Gasteiger partial charge in [0.05, 0.1) is 17.8 Å². The number of anilines is 1. The Hall–Kier alpha value is -1.89. The van der Waals surface area contributed by atoms with E-state index in [-0.39, 0.29) is 30.3 Å². The molecule has 0 radical (unpaired) electrons. The second-order valence-corrected chi connectivity index (χ2v) is 5.96. The van der Waals surface area contributed by atoms with E-state index in [1.54, 1.807) is 12.4 Å². The van der Waals surface area contributed by atoms with Gasteiger partial charge < -0.3 is 16.4 Å². The van der Waals surface area contributed by atoms with Crippen molar-refractivity contribution in [1.82, 2.24) is 15.1 Å². The zero-order valence-electron chi connectivity index (χ0n) is 11.9. The first-order chi connectivity index (χ1) is 10.1. The Bertz CT molecular complexity index is 537. The Balaban J connectivity index is 1.52. The average Bonchev–Trinajstić information content (AvgIpc) is 2.95. The van der Waals surface area contributed by atoms with Crippen LogP contribution in [-0.4, -0.2) is 33.7 Å². The molecule has 0 saturated heterocycles. The van der Waals surface area contributed by atoms with Crippen LogP contribution in [0.2, 0.25) is 0 Å². The molecule has 0 spiro atoms. The largest absolute Gasteiger partial charge is 0.352 e. The third-order valence-electron chi connectivity index (χ3n) is 4.06. The van der Waals surface area contributed by atoms with Crippen LogP contribution in [0.1, 0.15) is 32.1 Å². The predicted octanol–water partition coefficient (Wildman–Crippen LogP) is 0.228. The number of amides is 2. The van der Waals surface area contributed by atoms with Crippen molar-refractivity contribution in [3.05, 3.63) is 12.4 Å². The van der Waals surface area contributed by atoms with E-state index in [0.717, 1.165) is 32.1 Å². The molecular formula is C14H21N5O2. The summed E-state index contributed by atoms with van der Waals surface area (Å²) in [6.45, 7) is 0.176. The molecule has 2 amide bonds. The highest BCUT2D eigenvalue weighted by Gasteiger charge is 2.30. The van der Waals surface area contributed by atoms with E-state index >= 15 is 0 Å². The minimum Gasteiger partial charge on any atom is -0.352 e. The second-order valence-electron chi connectivity index (χ2n) is 5.96. The van der Waals surface area contributed by atoms with Crippen LogP contribution in [0.3, 0.4) is 0 Å². The van der Waals surface area contributed by atoms with E-state index in [1.807, 2.05) is 0 Å². The zero-order valence-corrected chi connectivity index (χ0v) is 11.9. The molecule has 3 rings (SSSR count). The average molecular weight is 291 g/mol. The number of nitrogens with one attached hydrogen (secondary N) is 2. The molecule has 4 N–H and O–H groups in total. The van der Waals surface area contributed by atoms with Gasteiger partial charge in [-0.3, -0.25) is 14.3 Å². The summed E-state index contributed by atoms with van der Waals surface area (Å²) in [7, 11) is 0. The van der Waals surface area contributed by atoms with Gasteiger partial charge in [0.1, 0.15) is 6.54 Å². The lowest BCUT2D eigenvalue weighted by atomic mass is 10.0. The molecule has 7 nitrogen and oxygen atoms in total. The van der Waals surface area contributed by atoms with Gasteiger partial charge in [0, 0.05) is 18.3 Å². The van der Waals surface area contributed by atoms with E-state index in [4.69, 9.17) is 5.73 Å². The smallest absolute Gasteiger partial charge is 0.241 e. The number of carbonyl (C=O) groups is 2. The van der Waals surface area contributed by atoms with E-state index < -0.39 is 0 Å². The zero-order chi connectivity index (χ0) is 14.8. The number of hydrogen-bond donors (Lipinski definition) is 3. The molecule has 0 bridgehead atoms. The van der Waals surface area contributed by atoms with Crippen molar-refractivity contribution in [2.75, 3.05) is 5.32 Å². The summed E-state index contributed by atoms with van der Waals surface area (Å²) in [5.41, 5.74) is 6.53. The van der Waals surface area contributed by atoms with Crippen LogP contribution in [0.5, 0.6) is 0 Å². The van der Waals surface area contributed by atoms with Gasteiger partial charge in [0.15, 0.2) is 0 Å². The number of nitrogens with zero attached hydrogens (tertiary/aromatic N) is 2. The van der Waals surface area contributed by atoms with Gasteiger partial charge in [-0.15, -0.1) is 0 Å². The van der Waals surface area contributed by atoms with Crippen LogP contribution >= 0.6 is 0 Å². The SMILES string of the molecule is NC1CCCC1C(=O)Nc1cnn(CC(=O)NC2CC2)c1. The Kier molecular flexibility index (Phi) is 3.92. The maximum atomic E-state index is 12.1. The minimum atomic E-state index is -0.119. The van der Waals surface area contributed by atoms with Crippen molar-refractivity contribution >= 4 is 17.5 Å². The molecule has 2 aliphatic carbocycles. The fraction of sp³-hybridized carbons (Fsp3) is 0.643. The van der Waals surface area contributed by atoms with Gasteiger partial charge in [-0.25, -0.2) is 0 Å². The standard InChI is InChI=1S/C14H21N5O2/c15-12-3-1-2-11(12)14(21)18-10-6-16-19(7-10)8-13(20)17-9-4-5-9/h6-7,9,11-12H,1-5,8,15H2,(H,17,20)(H,18,21). The highest BCUT2D eigenvalue weighted by atomic mass is 16.2. The van der Waals surface area contributed by atoms with Gasteiger partial charge in [-0.05, 0) is 25.7 Å². The highest BCUT2D eigenvalue weighted by Crippen LogP contribution is 2.25. The molecule has 21 heavy (non-hydrogen) atoms. The summed E-state index contributed by atoms with van der Waals surface area (Å²) in [5.74, 6) is -0.218. The molecule has 2 saturated carbocycles. The van der Waals surface area contributed by atoms with E-state index in [0.29, 0.717) is 11.7 Å². The summed E-state index contributed by atoms with van der Waals surface area (Å²) in [6, 6.07) is 0.292. The van der Waals surface area contributed by atoms with Crippen molar-refractivity contribution in [3.63, 3.8) is 0 Å². The van der Waals surface area contributed by atoms with Crippen LogP contribution in [-0.2, 0) is 16.1 Å². The van der Waals surface area contributed by atoms with Crippen molar-refractivity contribution in [2.24, 2.45) is 11.7 Å². The van der Waals surface area contributed by atoms with E-state index in [2.05, 4.69) is 15.7 Å². The monoisotopic (exact) mass is 291 g/mol. The van der Waals surface area contributed by atoms with E-state index in [1.165, 1.54) is 4.68 Å². The third kappa shape index (κ3) is 3.60. The number of nitrogens with two attached hydrogens (primary N) is 1. The van der Waals surface area contributed by atoms with Gasteiger partial charge in [-0.1, -0.05) is 6.42 Å². The maximum Gasteiger partial charge on any atom is 0.241 e. The van der Waals surface area contributed by atoms with Gasteiger partial charge in [-0.2, -0.15) is 5.10 Å². The molecule has 2 atom stereocenters. The molecule has 1 aromatic rings. The quantitative estimate of drug-likeness (QED) is 0.722. The van der Waals surface area contributed by atoms with E-state index in [9.17, 15) is 9.59 Å². The Labute approximate surface area is 123 Å². The molecule has 2 unspecified atom stereocenters. The molecule has 2 fully saturated rings. The van der Waals surface area contributed by atoms with Crippen LogP contribution in [0.4, 0.5) is 5.69 Å². The first kappa shape index (κ1) is 14.1. The summed E-state index contributed by atoms with van der Waals surface area (Å²) in [6.07, 6.45) is 8.10. The first-order valence-corrected chi connectivity index (χ1v) is 7.50. The Morgan fingerprint density at radius 3 is 2.81 bits per heavy atom. The fourth-order valence-electron chi connectivity index (χ4n) is 2.71. The van der Waals surface area contributed by atoms with Crippen LogP contribution in [0.25, 0.3) is 0 Å². The molecule has 2 aliphatic rings. The second kappa shape index (κ2) is 5.85. The summed E-state index contributed by atoms with van der Waals surface area (Å²) >= 11 is 0. The van der Waals surface area contributed by atoms with Crippen molar-refractivity contribution in [1.29, 1.82) is 0 Å². The molecule has 7 heteroatoms. The molecule has 114 valence electrons. The first-order valence-electron chi connectivity index (χ1n) is 7.50. The fourth-order valence-corrected chi connectivity index (χ4v) is 2.71. The van der Waals surface area contributed by atoms with Crippen molar-refractivity contribution in [3.8, 4) is 0 Å². The number of aromatic nitrogens is 2. The topological polar surface area (TPSA) is 102 Å². The molecular weight excluding hydrogens is 270 g/mol. The van der Waals surface area contributed by atoms with Crippen LogP contribution < -0.4 is 16.4 Å². The summed E-state index contributed by atoms with van der Waals surface area (Å²) in [5, 5.41) is 9.82. The lowest BCUT2D eigenvalue weighted by Crippen LogP contribution is -2.34. The van der Waals surface area contributed by atoms with Gasteiger partial charge >= 0.3 is 0 Å². The minimum absolute atomic E-state index is 0.0451. The predicted molar refractivity (Wildman–Crippen MR) is 77.3 cm³/mol. The summed E-state index contributed by atoms with van der Waals surface area (Å²) < 4.78 is 1.53. The maximum absolute atomic E-state index is 12.1. The lowest BCUT2D eigenvalue weighted by Gasteiger charge is -2.13. The van der Waals surface area contributed by atoms with Crippen molar-refractivity contribution < 1.29 is 9.59 Å². The lowest BCUT2D eigenvalue weighted by molar-refractivity contribution is -0.122. The number of rotatable bonds is 5. The molecule has 1 aromatic heterocycles. The third-order valence-corrected chi connectivity index (χ3v) is 4.06. The van der Waals surface area contributed by atoms with Crippen LogP contribution in [0, 0.1) is 5.92 Å². The normalized spacial score (nSPS) is 24.8. The van der Waals surface area contributed by atoms with Gasteiger partial charge in [0.2, 0.25) is 11.8 Å². The number of carbonyl (C=O) groups excluding carboxylic acids is 2. The number of hydrogen-bond acceptors (Lipinski definition) is 4. The van der Waals surface area contributed by atoms with Crippen molar-refractivity contribution in [2.45, 2.75) is 50.7 Å². The Morgan fingerprint density at radius 1 is 1.33 bits per heavy atom. The molecule has 0 aliphatic heterocycles. The van der Waals surface area contributed by atoms with Gasteiger partial charge in [0.25, 0.3) is 0 Å². The van der Waals surface area contributed by atoms with Crippen LogP contribution in [0.15, 0.2) is 12.4 Å². The Morgan fingerprint density at radius 2 is 2.14 bits per heavy atom. The molecule has 1 heterocycles. The summed E-state index contributed by atoms with van der Waals surface area (Å²) in [4.78, 5) is 23.8. The highest BCUT2D eigenvalue weighted by molar-refractivity contribution is 5.93. The molecule has 0 aromatic carbocycles.